The van der Waals surface area contributed by atoms with Gasteiger partial charge in [0.05, 0.1) is 6.54 Å². The van der Waals surface area contributed by atoms with E-state index in [4.69, 9.17) is 0 Å². The van der Waals surface area contributed by atoms with Gasteiger partial charge >= 0.3 is 0 Å². The highest BCUT2D eigenvalue weighted by atomic mass is 16.1. The van der Waals surface area contributed by atoms with E-state index in [-0.39, 0.29) is 5.91 Å². The Labute approximate surface area is 102 Å². The number of carbonyl (C=O) groups excluding carboxylic acids is 1. The van der Waals surface area contributed by atoms with Crippen LogP contribution in [0.2, 0.25) is 0 Å². The molecule has 0 heterocycles. The highest BCUT2D eigenvalue weighted by Crippen LogP contribution is 1.97. The van der Waals surface area contributed by atoms with Gasteiger partial charge in [-0.1, -0.05) is 30.9 Å². The summed E-state index contributed by atoms with van der Waals surface area (Å²) in [6, 6.07) is 9.10. The number of nitrogens with zero attached hydrogens (tertiary/aromatic N) is 1. The van der Waals surface area contributed by atoms with Crippen molar-refractivity contribution in [1.29, 1.82) is 0 Å². The molecule has 0 fully saturated rings. The molecule has 1 aromatic carbocycles. The fraction of sp³-hybridized carbons (Fsp3) is 0.143. The predicted octanol–water partition coefficient (Wildman–Crippen LogP) is 2.58. The Morgan fingerprint density at radius 2 is 2.12 bits per heavy atom. The number of benzene rings is 1. The zero-order valence-corrected chi connectivity index (χ0v) is 9.89. The minimum absolute atomic E-state index is 0.0900. The number of aliphatic imine (C=N–C) groups is 1. The zero-order valence-electron chi connectivity index (χ0n) is 9.89. The van der Waals surface area contributed by atoms with Crippen molar-refractivity contribution >= 4 is 11.6 Å². The first-order valence-corrected chi connectivity index (χ1v) is 5.38. The molecule has 1 rings (SSSR count). The summed E-state index contributed by atoms with van der Waals surface area (Å²) >= 11 is 0. The Kier molecular flexibility index (Phi) is 5.44. The lowest BCUT2D eigenvalue weighted by molar-refractivity contribution is 0.0959. The molecule has 0 saturated carbocycles. The fourth-order valence-corrected chi connectivity index (χ4v) is 1.18. The van der Waals surface area contributed by atoms with Gasteiger partial charge in [-0.3, -0.25) is 9.79 Å². The number of nitrogens with one attached hydrogen (secondary N) is 1. The van der Waals surface area contributed by atoms with Crippen molar-refractivity contribution in [1.82, 2.24) is 5.32 Å². The van der Waals surface area contributed by atoms with Crippen molar-refractivity contribution in [3.8, 4) is 0 Å². The second-order valence-corrected chi connectivity index (χ2v) is 3.49. The Bertz CT molecular complexity index is 433. The van der Waals surface area contributed by atoms with Crippen molar-refractivity contribution in [2.75, 3.05) is 6.54 Å². The molecule has 0 unspecified atom stereocenters. The maximum Gasteiger partial charge on any atom is 0.251 e. The van der Waals surface area contributed by atoms with Gasteiger partial charge in [0.2, 0.25) is 0 Å². The van der Waals surface area contributed by atoms with E-state index < -0.39 is 0 Å². The second kappa shape index (κ2) is 7.17. The molecule has 0 aliphatic rings. The second-order valence-electron chi connectivity index (χ2n) is 3.49. The normalized spacial score (nSPS) is 11.5. The summed E-state index contributed by atoms with van der Waals surface area (Å²) in [4.78, 5) is 15.8. The molecule has 0 aliphatic heterocycles. The fourth-order valence-electron chi connectivity index (χ4n) is 1.18. The molecule has 0 bridgehead atoms. The smallest absolute Gasteiger partial charge is 0.251 e. The molecule has 0 spiro atoms. The Morgan fingerprint density at radius 3 is 2.76 bits per heavy atom. The maximum absolute atomic E-state index is 11.7. The topological polar surface area (TPSA) is 41.5 Å². The monoisotopic (exact) mass is 228 g/mol. The van der Waals surface area contributed by atoms with E-state index in [0.717, 1.165) is 5.71 Å². The number of amides is 1. The van der Waals surface area contributed by atoms with Crippen molar-refractivity contribution in [2.45, 2.75) is 6.92 Å². The SMILES string of the molecule is C=C/C=C\N=C(C)CNC(=O)c1ccccc1. The van der Waals surface area contributed by atoms with Gasteiger partial charge in [0, 0.05) is 17.5 Å². The molecule has 1 aromatic rings. The molecule has 88 valence electrons. The lowest BCUT2D eigenvalue weighted by atomic mass is 10.2. The number of hydrogen-bond donors (Lipinski definition) is 1. The van der Waals surface area contributed by atoms with Gasteiger partial charge in [-0.2, -0.15) is 0 Å². The van der Waals surface area contributed by atoms with Crippen LogP contribution in [0, 0.1) is 0 Å². The van der Waals surface area contributed by atoms with Gasteiger partial charge in [0.1, 0.15) is 0 Å². The van der Waals surface area contributed by atoms with E-state index in [1.165, 1.54) is 0 Å². The Morgan fingerprint density at radius 1 is 1.41 bits per heavy atom. The van der Waals surface area contributed by atoms with Crippen LogP contribution in [0.1, 0.15) is 17.3 Å². The van der Waals surface area contributed by atoms with Crippen LogP contribution in [0.5, 0.6) is 0 Å². The van der Waals surface area contributed by atoms with Gasteiger partial charge in [0.15, 0.2) is 0 Å². The molecule has 17 heavy (non-hydrogen) atoms. The molecule has 0 atom stereocenters. The molecule has 0 aliphatic carbocycles. The summed E-state index contributed by atoms with van der Waals surface area (Å²) in [5, 5.41) is 2.80. The van der Waals surface area contributed by atoms with Crippen molar-refractivity contribution in [2.24, 2.45) is 4.99 Å². The van der Waals surface area contributed by atoms with Gasteiger partial charge in [-0.25, -0.2) is 0 Å². The average molecular weight is 228 g/mol. The Balaban J connectivity index is 2.46. The zero-order chi connectivity index (χ0) is 12.5. The summed E-state index contributed by atoms with van der Waals surface area (Å²) in [5.74, 6) is -0.0900. The van der Waals surface area contributed by atoms with E-state index >= 15 is 0 Å². The molecule has 0 saturated heterocycles. The molecule has 1 amide bonds. The molecule has 0 radical (unpaired) electrons. The van der Waals surface area contributed by atoms with Crippen molar-refractivity contribution < 1.29 is 4.79 Å². The van der Waals surface area contributed by atoms with E-state index in [1.807, 2.05) is 25.1 Å². The predicted molar refractivity (Wildman–Crippen MR) is 71.2 cm³/mol. The summed E-state index contributed by atoms with van der Waals surface area (Å²) in [7, 11) is 0. The number of rotatable bonds is 5. The van der Waals surface area contributed by atoms with Crippen LogP contribution >= 0.6 is 0 Å². The third kappa shape index (κ3) is 4.93. The lowest BCUT2D eigenvalue weighted by Crippen LogP contribution is -2.28. The van der Waals surface area contributed by atoms with Crippen LogP contribution < -0.4 is 5.32 Å². The standard InChI is InChI=1S/C14H16N2O/c1-3-4-10-15-12(2)11-16-14(17)13-8-6-5-7-9-13/h3-10H,1,11H2,2H3,(H,16,17)/b10-4-,15-12?. The number of allylic oxidation sites excluding steroid dienone is 2. The largest absolute Gasteiger partial charge is 0.347 e. The highest BCUT2D eigenvalue weighted by molar-refractivity contribution is 5.97. The maximum atomic E-state index is 11.7. The molecular weight excluding hydrogens is 212 g/mol. The molecule has 3 heteroatoms. The van der Waals surface area contributed by atoms with Crippen LogP contribution in [0.25, 0.3) is 0 Å². The minimum Gasteiger partial charge on any atom is -0.347 e. The lowest BCUT2D eigenvalue weighted by Gasteiger charge is -2.03. The summed E-state index contributed by atoms with van der Waals surface area (Å²) in [6.07, 6.45) is 5.04. The first kappa shape index (κ1) is 12.9. The van der Waals surface area contributed by atoms with E-state index in [0.29, 0.717) is 12.1 Å². The van der Waals surface area contributed by atoms with E-state index in [2.05, 4.69) is 16.9 Å². The average Bonchev–Trinajstić information content (AvgIpc) is 2.37. The van der Waals surface area contributed by atoms with E-state index in [9.17, 15) is 4.79 Å². The summed E-state index contributed by atoms with van der Waals surface area (Å²) in [5.41, 5.74) is 1.49. The quantitative estimate of drug-likeness (QED) is 0.610. The summed E-state index contributed by atoms with van der Waals surface area (Å²) < 4.78 is 0. The third-order valence-corrected chi connectivity index (χ3v) is 2.06. The van der Waals surface area contributed by atoms with Gasteiger partial charge in [-0.05, 0) is 25.1 Å². The van der Waals surface area contributed by atoms with Gasteiger partial charge in [-0.15, -0.1) is 0 Å². The number of hydrogen-bond acceptors (Lipinski definition) is 2. The van der Waals surface area contributed by atoms with Gasteiger partial charge < -0.3 is 5.32 Å². The van der Waals surface area contributed by atoms with E-state index in [1.54, 1.807) is 30.5 Å². The highest BCUT2D eigenvalue weighted by Gasteiger charge is 2.03. The molecule has 1 N–H and O–H groups in total. The third-order valence-electron chi connectivity index (χ3n) is 2.06. The first-order valence-electron chi connectivity index (χ1n) is 5.38. The van der Waals surface area contributed by atoms with Crippen LogP contribution in [0.15, 0.2) is 60.3 Å². The number of carbonyl (C=O) groups is 1. The Hall–Kier alpha value is -2.16. The van der Waals surface area contributed by atoms with Crippen molar-refractivity contribution in [3.63, 3.8) is 0 Å². The van der Waals surface area contributed by atoms with Crippen LogP contribution in [-0.2, 0) is 0 Å². The van der Waals surface area contributed by atoms with Crippen LogP contribution in [-0.4, -0.2) is 18.2 Å². The first-order chi connectivity index (χ1) is 8.24. The van der Waals surface area contributed by atoms with Crippen LogP contribution in [0.3, 0.4) is 0 Å². The summed E-state index contributed by atoms with van der Waals surface area (Å²) in [6.45, 7) is 5.85. The molecular formula is C14H16N2O. The van der Waals surface area contributed by atoms with Crippen molar-refractivity contribution in [3.05, 3.63) is 60.8 Å². The van der Waals surface area contributed by atoms with Gasteiger partial charge in [0.25, 0.3) is 5.91 Å². The minimum atomic E-state index is -0.0900. The van der Waals surface area contributed by atoms with Crippen LogP contribution in [0.4, 0.5) is 0 Å². The molecule has 0 aromatic heterocycles. The molecule has 3 nitrogen and oxygen atoms in total.